The Morgan fingerprint density at radius 3 is 2.26 bits per heavy atom. The first-order chi connectivity index (χ1) is 16.9. The van der Waals surface area contributed by atoms with Crippen molar-refractivity contribution in [3.63, 3.8) is 0 Å². The minimum Gasteiger partial charge on any atom is -0.352 e. The van der Waals surface area contributed by atoms with Crippen molar-refractivity contribution in [3.05, 3.63) is 70.2 Å². The Morgan fingerprint density at radius 2 is 1.63 bits per heavy atom. The highest BCUT2D eigenvalue weighted by atomic mass is 35.5. The molecule has 0 aromatic heterocycles. The first-order valence-corrected chi connectivity index (χ1v) is 12.5. The maximum atomic E-state index is 13.3. The Labute approximate surface area is 210 Å². The van der Waals surface area contributed by atoms with Crippen LogP contribution in [0.15, 0.2) is 48.5 Å². The Morgan fingerprint density at radius 1 is 1.03 bits per heavy atom. The summed E-state index contributed by atoms with van der Waals surface area (Å²) in [6, 6.07) is 13.4. The molecule has 0 spiro atoms. The van der Waals surface area contributed by atoms with Gasteiger partial charge >= 0.3 is 0 Å². The van der Waals surface area contributed by atoms with Crippen LogP contribution in [-0.4, -0.2) is 52.1 Å². The first-order valence-electron chi connectivity index (χ1n) is 12.1. The van der Waals surface area contributed by atoms with Crippen molar-refractivity contribution < 1.29 is 19.2 Å². The minimum absolute atomic E-state index is 0.0961. The number of rotatable bonds is 9. The van der Waals surface area contributed by atoms with Gasteiger partial charge in [-0.25, -0.2) is 0 Å². The Balaban J connectivity index is 1.42. The summed E-state index contributed by atoms with van der Waals surface area (Å²) in [5.74, 6) is -1.08. The molecule has 0 bridgehead atoms. The van der Waals surface area contributed by atoms with Crippen LogP contribution in [0.3, 0.4) is 0 Å². The van der Waals surface area contributed by atoms with Crippen LogP contribution >= 0.6 is 11.6 Å². The third-order valence-electron chi connectivity index (χ3n) is 6.82. The van der Waals surface area contributed by atoms with Gasteiger partial charge in [-0.15, -0.1) is 0 Å². The standard InChI is InChI=1S/C27H30ClN3O4/c1-18(25(33)29-20-10-3-4-11-20)31(17-19-9-2-7-14-23(19)28)24(32)15-8-16-30-26(34)21-12-5-6-13-22(21)27(30)35/h2,5-7,9,12-14,18,20H,3-4,8,10-11,15-17H2,1H3,(H,29,33)/t18-/m0/s1. The van der Waals surface area contributed by atoms with Gasteiger partial charge < -0.3 is 10.2 Å². The largest absolute Gasteiger partial charge is 0.352 e. The molecular weight excluding hydrogens is 466 g/mol. The molecule has 0 unspecified atom stereocenters. The summed E-state index contributed by atoms with van der Waals surface area (Å²) in [4.78, 5) is 54.2. The van der Waals surface area contributed by atoms with E-state index in [0.29, 0.717) is 22.6 Å². The average Bonchev–Trinajstić information content (AvgIpc) is 3.45. The van der Waals surface area contributed by atoms with E-state index in [4.69, 9.17) is 11.6 Å². The average molecular weight is 496 g/mol. The van der Waals surface area contributed by atoms with Crippen LogP contribution in [-0.2, 0) is 16.1 Å². The predicted molar refractivity (Wildman–Crippen MR) is 133 cm³/mol. The summed E-state index contributed by atoms with van der Waals surface area (Å²) >= 11 is 6.34. The second-order valence-electron chi connectivity index (χ2n) is 9.19. The lowest BCUT2D eigenvalue weighted by atomic mass is 10.1. The van der Waals surface area contributed by atoms with Gasteiger partial charge in [-0.2, -0.15) is 0 Å². The number of hydrogen-bond donors (Lipinski definition) is 1. The smallest absolute Gasteiger partial charge is 0.261 e. The number of nitrogens with one attached hydrogen (secondary N) is 1. The fourth-order valence-corrected chi connectivity index (χ4v) is 4.95. The topological polar surface area (TPSA) is 86.8 Å². The fourth-order valence-electron chi connectivity index (χ4n) is 4.76. The molecule has 1 atom stereocenters. The molecule has 4 rings (SSSR count). The van der Waals surface area contributed by atoms with Crippen molar-refractivity contribution in [2.24, 2.45) is 0 Å². The monoisotopic (exact) mass is 495 g/mol. The molecule has 4 amide bonds. The fraction of sp³-hybridized carbons (Fsp3) is 0.407. The van der Waals surface area contributed by atoms with Gasteiger partial charge in [0.1, 0.15) is 6.04 Å². The van der Waals surface area contributed by atoms with Crippen LogP contribution in [0.5, 0.6) is 0 Å². The summed E-state index contributed by atoms with van der Waals surface area (Å²) in [5.41, 5.74) is 1.53. The van der Waals surface area contributed by atoms with E-state index in [-0.39, 0.29) is 49.2 Å². The van der Waals surface area contributed by atoms with E-state index in [1.165, 1.54) is 9.80 Å². The van der Waals surface area contributed by atoms with E-state index >= 15 is 0 Å². The maximum Gasteiger partial charge on any atom is 0.261 e. The molecule has 184 valence electrons. The summed E-state index contributed by atoms with van der Waals surface area (Å²) in [6.45, 7) is 2.06. The van der Waals surface area contributed by atoms with Crippen LogP contribution in [0.4, 0.5) is 0 Å². The van der Waals surface area contributed by atoms with E-state index in [0.717, 1.165) is 31.2 Å². The highest BCUT2D eigenvalue weighted by molar-refractivity contribution is 6.31. The Bertz CT molecular complexity index is 1090. The molecule has 1 aliphatic carbocycles. The van der Waals surface area contributed by atoms with Crippen LogP contribution in [0.2, 0.25) is 5.02 Å². The molecule has 1 aliphatic heterocycles. The quantitative estimate of drug-likeness (QED) is 0.528. The van der Waals surface area contributed by atoms with Crippen molar-refractivity contribution in [1.82, 2.24) is 15.1 Å². The van der Waals surface area contributed by atoms with E-state index in [2.05, 4.69) is 5.32 Å². The van der Waals surface area contributed by atoms with Gasteiger partial charge in [0.25, 0.3) is 11.8 Å². The SMILES string of the molecule is C[C@@H](C(=O)NC1CCCC1)N(Cc1ccccc1Cl)C(=O)CCCN1C(=O)c2ccccc2C1=O. The Hall–Kier alpha value is -3.19. The van der Waals surface area contributed by atoms with Gasteiger partial charge in [-0.1, -0.05) is 54.8 Å². The molecule has 0 radical (unpaired) electrons. The molecule has 2 aliphatic rings. The maximum absolute atomic E-state index is 13.3. The second-order valence-corrected chi connectivity index (χ2v) is 9.60. The van der Waals surface area contributed by atoms with Crippen molar-refractivity contribution in [2.75, 3.05) is 6.54 Å². The van der Waals surface area contributed by atoms with Gasteiger partial charge in [-0.05, 0) is 49.9 Å². The number of fused-ring (bicyclic) bond motifs is 1. The molecule has 8 heteroatoms. The molecule has 2 aromatic carbocycles. The first kappa shape index (κ1) is 24.9. The highest BCUT2D eigenvalue weighted by Gasteiger charge is 2.35. The van der Waals surface area contributed by atoms with Crippen molar-refractivity contribution in [2.45, 2.75) is 64.1 Å². The van der Waals surface area contributed by atoms with Crippen LogP contribution in [0.25, 0.3) is 0 Å². The van der Waals surface area contributed by atoms with Gasteiger partial charge in [-0.3, -0.25) is 24.1 Å². The lowest BCUT2D eigenvalue weighted by molar-refractivity contribution is -0.141. The van der Waals surface area contributed by atoms with Crippen molar-refractivity contribution in [1.29, 1.82) is 0 Å². The molecule has 7 nitrogen and oxygen atoms in total. The third kappa shape index (κ3) is 5.56. The number of carbonyl (C=O) groups excluding carboxylic acids is 4. The number of amides is 4. The predicted octanol–water partition coefficient (Wildman–Crippen LogP) is 4.19. The van der Waals surface area contributed by atoms with Crippen LogP contribution in [0, 0.1) is 0 Å². The van der Waals surface area contributed by atoms with E-state index in [9.17, 15) is 19.2 Å². The summed E-state index contributed by atoms with van der Waals surface area (Å²) < 4.78 is 0. The summed E-state index contributed by atoms with van der Waals surface area (Å²) in [7, 11) is 0. The molecule has 1 heterocycles. The van der Waals surface area contributed by atoms with E-state index in [1.54, 1.807) is 37.3 Å². The zero-order valence-electron chi connectivity index (χ0n) is 19.8. The van der Waals surface area contributed by atoms with Gasteiger partial charge in [0.15, 0.2) is 0 Å². The number of nitrogens with zero attached hydrogens (tertiary/aromatic N) is 2. The van der Waals surface area contributed by atoms with E-state index < -0.39 is 6.04 Å². The minimum atomic E-state index is -0.682. The van der Waals surface area contributed by atoms with Crippen molar-refractivity contribution in [3.8, 4) is 0 Å². The molecule has 2 aromatic rings. The number of halogens is 1. The molecule has 35 heavy (non-hydrogen) atoms. The zero-order valence-corrected chi connectivity index (χ0v) is 20.6. The van der Waals surface area contributed by atoms with Gasteiger partial charge in [0.2, 0.25) is 11.8 Å². The number of benzene rings is 2. The Kier molecular flexibility index (Phi) is 7.86. The highest BCUT2D eigenvalue weighted by Crippen LogP contribution is 2.24. The lowest BCUT2D eigenvalue weighted by Gasteiger charge is -2.30. The molecule has 1 fully saturated rings. The third-order valence-corrected chi connectivity index (χ3v) is 7.19. The van der Waals surface area contributed by atoms with Crippen LogP contribution in [0.1, 0.15) is 71.7 Å². The zero-order chi connectivity index (χ0) is 24.9. The summed E-state index contributed by atoms with van der Waals surface area (Å²) in [5, 5.41) is 3.60. The van der Waals surface area contributed by atoms with Gasteiger partial charge in [0, 0.05) is 30.6 Å². The molecule has 0 saturated heterocycles. The number of imide groups is 1. The molecule has 1 saturated carbocycles. The lowest BCUT2D eigenvalue weighted by Crippen LogP contribution is -2.49. The molecule has 1 N–H and O–H groups in total. The van der Waals surface area contributed by atoms with E-state index in [1.807, 2.05) is 18.2 Å². The number of carbonyl (C=O) groups is 4. The summed E-state index contributed by atoms with van der Waals surface area (Å²) in [6.07, 6.45) is 4.51. The number of hydrogen-bond acceptors (Lipinski definition) is 4. The normalized spacial score (nSPS) is 16.3. The van der Waals surface area contributed by atoms with Crippen molar-refractivity contribution >= 4 is 35.2 Å². The molecular formula is C27H30ClN3O4. The van der Waals surface area contributed by atoms with Crippen LogP contribution < -0.4 is 5.32 Å². The van der Waals surface area contributed by atoms with Gasteiger partial charge in [0.05, 0.1) is 11.1 Å². The second kappa shape index (κ2) is 11.0.